The minimum atomic E-state index is -0.0173. The van der Waals surface area contributed by atoms with Gasteiger partial charge in [-0.2, -0.15) is 0 Å². The van der Waals surface area contributed by atoms with Gasteiger partial charge in [0.25, 0.3) is 0 Å². The Bertz CT molecular complexity index is 455. The number of carbonyl (C=O) groups is 1. The standard InChI is InChI=1S/C13H15NOS/c1-5-12-11(14-9-15)8-10(16-12)6-7-13(2,3)4/h5,8-9H,1H2,2-4H3,(H,14,15). The zero-order valence-electron chi connectivity index (χ0n) is 9.76. The summed E-state index contributed by atoms with van der Waals surface area (Å²) >= 11 is 1.53. The van der Waals surface area contributed by atoms with E-state index in [0.717, 1.165) is 15.4 Å². The van der Waals surface area contributed by atoms with Gasteiger partial charge in [0.05, 0.1) is 15.4 Å². The fraction of sp³-hybridized carbons (Fsp3) is 0.308. The molecule has 0 radical (unpaired) electrons. The maximum Gasteiger partial charge on any atom is 0.211 e. The van der Waals surface area contributed by atoms with Crippen molar-refractivity contribution in [2.75, 3.05) is 5.32 Å². The third kappa shape index (κ3) is 3.56. The Morgan fingerprint density at radius 3 is 2.69 bits per heavy atom. The fourth-order valence-electron chi connectivity index (χ4n) is 1.04. The van der Waals surface area contributed by atoms with E-state index in [2.05, 4.69) is 44.5 Å². The van der Waals surface area contributed by atoms with Gasteiger partial charge in [-0.15, -0.1) is 11.3 Å². The lowest BCUT2D eigenvalue weighted by Crippen LogP contribution is -1.98. The molecule has 0 saturated carbocycles. The Morgan fingerprint density at radius 2 is 2.19 bits per heavy atom. The molecule has 0 aliphatic carbocycles. The molecule has 0 aliphatic heterocycles. The smallest absolute Gasteiger partial charge is 0.211 e. The first-order valence-corrected chi connectivity index (χ1v) is 5.77. The fourth-order valence-corrected chi connectivity index (χ4v) is 1.87. The van der Waals surface area contributed by atoms with Crippen molar-refractivity contribution in [1.29, 1.82) is 0 Å². The normalized spacial score (nSPS) is 10.2. The summed E-state index contributed by atoms with van der Waals surface area (Å²) in [6, 6.07) is 1.87. The zero-order valence-corrected chi connectivity index (χ0v) is 10.6. The van der Waals surface area contributed by atoms with E-state index < -0.39 is 0 Å². The molecule has 0 bridgehead atoms. The van der Waals surface area contributed by atoms with Crippen LogP contribution >= 0.6 is 11.3 Å². The molecule has 3 heteroatoms. The Morgan fingerprint density at radius 1 is 1.50 bits per heavy atom. The Hall–Kier alpha value is -1.53. The third-order valence-corrected chi connectivity index (χ3v) is 2.77. The molecule has 84 valence electrons. The minimum absolute atomic E-state index is 0.0173. The van der Waals surface area contributed by atoms with Gasteiger partial charge in [0.15, 0.2) is 0 Å². The average Bonchev–Trinajstić information content (AvgIpc) is 2.57. The number of hydrogen-bond acceptors (Lipinski definition) is 2. The highest BCUT2D eigenvalue weighted by atomic mass is 32.1. The molecule has 0 spiro atoms. The number of nitrogens with one attached hydrogen (secondary N) is 1. The molecule has 1 aromatic heterocycles. The van der Waals surface area contributed by atoms with Gasteiger partial charge in [0.1, 0.15) is 0 Å². The van der Waals surface area contributed by atoms with Crippen LogP contribution in [0.5, 0.6) is 0 Å². The molecule has 0 unspecified atom stereocenters. The van der Waals surface area contributed by atoms with Crippen molar-refractivity contribution in [2.45, 2.75) is 20.8 Å². The molecule has 0 atom stereocenters. The molecule has 1 N–H and O–H groups in total. The lowest BCUT2D eigenvalue weighted by atomic mass is 9.98. The molecule has 0 fully saturated rings. The highest BCUT2D eigenvalue weighted by molar-refractivity contribution is 7.14. The quantitative estimate of drug-likeness (QED) is 0.629. The maximum absolute atomic E-state index is 10.4. The molecule has 1 heterocycles. The summed E-state index contributed by atoms with van der Waals surface area (Å²) in [6.45, 7) is 9.89. The van der Waals surface area contributed by atoms with Gasteiger partial charge < -0.3 is 5.32 Å². The van der Waals surface area contributed by atoms with Gasteiger partial charge in [0.2, 0.25) is 6.41 Å². The number of amides is 1. The van der Waals surface area contributed by atoms with E-state index in [1.54, 1.807) is 6.08 Å². The number of carbonyl (C=O) groups excluding carboxylic acids is 1. The topological polar surface area (TPSA) is 29.1 Å². The zero-order chi connectivity index (χ0) is 12.2. The highest BCUT2D eigenvalue weighted by Gasteiger charge is 2.06. The van der Waals surface area contributed by atoms with Gasteiger partial charge in [-0.25, -0.2) is 0 Å². The van der Waals surface area contributed by atoms with Crippen molar-refractivity contribution >= 4 is 29.5 Å². The summed E-state index contributed by atoms with van der Waals surface area (Å²) in [5.74, 6) is 6.26. The first-order valence-electron chi connectivity index (χ1n) is 4.96. The number of hydrogen-bond donors (Lipinski definition) is 1. The van der Waals surface area contributed by atoms with E-state index in [4.69, 9.17) is 0 Å². The number of rotatable bonds is 3. The van der Waals surface area contributed by atoms with Gasteiger partial charge in [-0.3, -0.25) is 4.79 Å². The van der Waals surface area contributed by atoms with Crippen LogP contribution in [0.15, 0.2) is 12.6 Å². The van der Waals surface area contributed by atoms with Crippen molar-refractivity contribution in [3.63, 3.8) is 0 Å². The molecule has 0 aliphatic rings. The van der Waals surface area contributed by atoms with Crippen LogP contribution in [0.2, 0.25) is 0 Å². The summed E-state index contributed by atoms with van der Waals surface area (Å²) in [6.07, 6.45) is 2.38. The summed E-state index contributed by atoms with van der Waals surface area (Å²) in [5, 5.41) is 2.64. The minimum Gasteiger partial charge on any atom is -0.327 e. The highest BCUT2D eigenvalue weighted by Crippen LogP contribution is 2.27. The van der Waals surface area contributed by atoms with E-state index in [-0.39, 0.29) is 5.41 Å². The molecule has 1 amide bonds. The van der Waals surface area contributed by atoms with Crippen molar-refractivity contribution in [3.8, 4) is 11.8 Å². The van der Waals surface area contributed by atoms with Crippen molar-refractivity contribution in [2.24, 2.45) is 5.41 Å². The Kier molecular flexibility index (Phi) is 3.92. The van der Waals surface area contributed by atoms with Crippen LogP contribution in [0.3, 0.4) is 0 Å². The lowest BCUT2D eigenvalue weighted by molar-refractivity contribution is -0.105. The van der Waals surface area contributed by atoms with Gasteiger partial charge in [-0.1, -0.05) is 18.4 Å². The van der Waals surface area contributed by atoms with Crippen LogP contribution in [-0.2, 0) is 4.79 Å². The SMILES string of the molecule is C=Cc1sc(C#CC(C)(C)C)cc1NC=O. The van der Waals surface area contributed by atoms with Crippen molar-refractivity contribution < 1.29 is 4.79 Å². The number of thiophene rings is 1. The average molecular weight is 233 g/mol. The van der Waals surface area contributed by atoms with Gasteiger partial charge in [0, 0.05) is 5.41 Å². The lowest BCUT2D eigenvalue weighted by Gasteiger charge is -2.06. The summed E-state index contributed by atoms with van der Waals surface area (Å²) in [5.41, 5.74) is 0.754. The second-order valence-corrected chi connectivity index (χ2v) is 5.44. The van der Waals surface area contributed by atoms with Crippen LogP contribution in [0.4, 0.5) is 5.69 Å². The molecular formula is C13H15NOS. The molecule has 1 rings (SSSR count). The Balaban J connectivity index is 3.02. The first kappa shape index (κ1) is 12.5. The van der Waals surface area contributed by atoms with E-state index in [1.807, 2.05) is 6.07 Å². The summed E-state index contributed by atoms with van der Waals surface area (Å²) < 4.78 is 0. The monoisotopic (exact) mass is 233 g/mol. The largest absolute Gasteiger partial charge is 0.327 e. The van der Waals surface area contributed by atoms with E-state index in [9.17, 15) is 4.79 Å². The molecule has 1 aromatic rings. The predicted octanol–water partition coefficient (Wildman–Crippen LogP) is 3.36. The molecule has 16 heavy (non-hydrogen) atoms. The Labute approximate surface area is 100 Å². The van der Waals surface area contributed by atoms with Crippen LogP contribution in [0.1, 0.15) is 30.5 Å². The predicted molar refractivity (Wildman–Crippen MR) is 70.4 cm³/mol. The summed E-state index contributed by atoms with van der Waals surface area (Å²) in [4.78, 5) is 12.3. The van der Waals surface area contributed by atoms with E-state index >= 15 is 0 Å². The second-order valence-electron chi connectivity index (χ2n) is 4.35. The molecule has 2 nitrogen and oxygen atoms in total. The van der Waals surface area contributed by atoms with E-state index in [0.29, 0.717) is 6.41 Å². The van der Waals surface area contributed by atoms with E-state index in [1.165, 1.54) is 11.3 Å². The molecule has 0 saturated heterocycles. The van der Waals surface area contributed by atoms with Crippen LogP contribution < -0.4 is 5.32 Å². The van der Waals surface area contributed by atoms with Crippen LogP contribution in [-0.4, -0.2) is 6.41 Å². The van der Waals surface area contributed by atoms with Crippen LogP contribution in [0.25, 0.3) is 6.08 Å². The van der Waals surface area contributed by atoms with Crippen molar-refractivity contribution in [3.05, 3.63) is 22.4 Å². The third-order valence-electron chi connectivity index (χ3n) is 1.72. The first-order chi connectivity index (χ1) is 7.46. The summed E-state index contributed by atoms with van der Waals surface area (Å²) in [7, 11) is 0. The molecule has 0 aromatic carbocycles. The number of anilines is 1. The van der Waals surface area contributed by atoms with Crippen molar-refractivity contribution in [1.82, 2.24) is 0 Å². The van der Waals surface area contributed by atoms with Gasteiger partial charge in [-0.05, 0) is 32.9 Å². The van der Waals surface area contributed by atoms with Gasteiger partial charge >= 0.3 is 0 Å². The molecular weight excluding hydrogens is 218 g/mol. The van der Waals surface area contributed by atoms with Crippen LogP contribution in [0, 0.1) is 17.3 Å². The second kappa shape index (κ2) is 5.00. The maximum atomic E-state index is 10.4.